The van der Waals surface area contributed by atoms with E-state index in [1.165, 1.54) is 6.92 Å². The topological polar surface area (TPSA) is 129 Å². The monoisotopic (exact) mass is 514 g/mol. The van der Waals surface area contributed by atoms with Gasteiger partial charge >= 0.3 is 5.97 Å². The standard InChI is InChI=1S/C30H42O7/c1-15(10-17(31)11-16(2)26(36)37)18-12-23(35)30(7)25-19(32)13-21-27(3,4)22(34)8-9-28(21,5)24(25)20(33)14-29(18,30)6/h12,15-16,19,21-22,32,34H,8-11,13-14H2,1-7H3,(H,36,37). The van der Waals surface area contributed by atoms with Crippen molar-refractivity contribution in [3.8, 4) is 0 Å². The number of allylic oxidation sites excluding steroid dienone is 3. The number of carbonyl (C=O) groups excluding carboxylic acids is 3. The molecule has 0 saturated heterocycles. The predicted octanol–water partition coefficient (Wildman–Crippen LogP) is 4.05. The summed E-state index contributed by atoms with van der Waals surface area (Å²) in [5.74, 6) is -2.66. The van der Waals surface area contributed by atoms with Gasteiger partial charge in [0.15, 0.2) is 11.6 Å². The van der Waals surface area contributed by atoms with Gasteiger partial charge in [-0.1, -0.05) is 47.1 Å². The van der Waals surface area contributed by atoms with E-state index in [-0.39, 0.29) is 48.4 Å². The summed E-state index contributed by atoms with van der Waals surface area (Å²) in [5, 5.41) is 31.5. The normalized spacial score (nSPS) is 40.4. The van der Waals surface area contributed by atoms with Crippen LogP contribution in [0.5, 0.6) is 0 Å². The van der Waals surface area contributed by atoms with Gasteiger partial charge in [-0.2, -0.15) is 0 Å². The quantitative estimate of drug-likeness (QED) is 0.488. The van der Waals surface area contributed by atoms with Crippen LogP contribution in [0.25, 0.3) is 0 Å². The third kappa shape index (κ3) is 3.75. The first kappa shape index (κ1) is 27.9. The van der Waals surface area contributed by atoms with Gasteiger partial charge in [-0.15, -0.1) is 0 Å². The highest BCUT2D eigenvalue weighted by molar-refractivity contribution is 6.09. The maximum Gasteiger partial charge on any atom is 0.306 e. The van der Waals surface area contributed by atoms with Crippen LogP contribution in [0.15, 0.2) is 22.8 Å². The Morgan fingerprint density at radius 2 is 1.68 bits per heavy atom. The third-order valence-electron chi connectivity index (χ3n) is 11.0. The number of aliphatic hydroxyl groups excluding tert-OH is 2. The molecule has 8 unspecified atom stereocenters. The molecule has 4 aliphatic rings. The second kappa shape index (κ2) is 8.70. The highest BCUT2D eigenvalue weighted by Crippen LogP contribution is 2.69. The average Bonchev–Trinajstić information content (AvgIpc) is 2.99. The van der Waals surface area contributed by atoms with Crippen molar-refractivity contribution in [2.75, 3.05) is 0 Å². The van der Waals surface area contributed by atoms with E-state index in [0.717, 1.165) is 5.57 Å². The van der Waals surface area contributed by atoms with Gasteiger partial charge in [0.05, 0.1) is 23.5 Å². The first-order chi connectivity index (χ1) is 16.9. The molecule has 0 radical (unpaired) electrons. The number of ketones is 3. The molecular weight excluding hydrogens is 472 g/mol. The number of carbonyl (C=O) groups is 4. The van der Waals surface area contributed by atoms with Crippen LogP contribution in [0.2, 0.25) is 0 Å². The Labute approximate surface area is 219 Å². The Morgan fingerprint density at radius 1 is 1.05 bits per heavy atom. The van der Waals surface area contributed by atoms with Crippen molar-refractivity contribution in [3.05, 3.63) is 22.8 Å². The molecule has 0 heterocycles. The fourth-order valence-electron chi connectivity index (χ4n) is 8.54. The summed E-state index contributed by atoms with van der Waals surface area (Å²) in [6, 6.07) is 0. The van der Waals surface area contributed by atoms with Crippen molar-refractivity contribution < 1.29 is 34.5 Å². The Bertz CT molecular complexity index is 1130. The van der Waals surface area contributed by atoms with E-state index in [1.54, 1.807) is 6.08 Å². The number of aliphatic carboxylic acids is 1. The number of hydrogen-bond donors (Lipinski definition) is 3. The zero-order chi connectivity index (χ0) is 27.9. The van der Waals surface area contributed by atoms with Gasteiger partial charge in [-0.05, 0) is 60.5 Å². The molecule has 0 spiro atoms. The van der Waals surface area contributed by atoms with E-state index in [2.05, 4.69) is 6.92 Å². The maximum absolute atomic E-state index is 14.0. The molecular formula is C30H42O7. The molecule has 7 heteroatoms. The fraction of sp³-hybridized carbons (Fsp3) is 0.733. The summed E-state index contributed by atoms with van der Waals surface area (Å²) in [7, 11) is 0. The number of hydrogen-bond acceptors (Lipinski definition) is 6. The summed E-state index contributed by atoms with van der Waals surface area (Å²) >= 11 is 0. The molecule has 204 valence electrons. The SMILES string of the molecule is CC(CC(=O)CC(C)C1=CC(=O)C2(C)C3=C(C(=O)CC12C)C1(C)CCC(O)C(C)(C)C1CC3O)C(=O)O. The lowest BCUT2D eigenvalue weighted by molar-refractivity contribution is -0.143. The lowest BCUT2D eigenvalue weighted by Gasteiger charge is -2.61. The van der Waals surface area contributed by atoms with E-state index in [1.807, 2.05) is 34.6 Å². The van der Waals surface area contributed by atoms with E-state index in [9.17, 15) is 29.4 Å². The largest absolute Gasteiger partial charge is 0.481 e. The first-order valence-corrected chi connectivity index (χ1v) is 13.6. The van der Waals surface area contributed by atoms with Crippen LogP contribution in [-0.4, -0.2) is 50.8 Å². The molecule has 4 rings (SSSR count). The number of aliphatic hydroxyl groups is 2. The second-order valence-corrected chi connectivity index (χ2v) is 13.5. The number of carboxylic acids is 1. The van der Waals surface area contributed by atoms with E-state index >= 15 is 0 Å². The smallest absolute Gasteiger partial charge is 0.306 e. The molecule has 37 heavy (non-hydrogen) atoms. The van der Waals surface area contributed by atoms with Crippen LogP contribution in [0.1, 0.15) is 87.0 Å². The molecule has 7 nitrogen and oxygen atoms in total. The number of rotatable bonds is 6. The summed E-state index contributed by atoms with van der Waals surface area (Å²) in [5.41, 5.74) is -1.17. The molecule has 0 amide bonds. The van der Waals surface area contributed by atoms with Crippen molar-refractivity contribution in [1.82, 2.24) is 0 Å². The van der Waals surface area contributed by atoms with Gasteiger partial charge in [-0.3, -0.25) is 19.2 Å². The first-order valence-electron chi connectivity index (χ1n) is 13.6. The molecule has 0 aromatic rings. The van der Waals surface area contributed by atoms with Crippen molar-refractivity contribution in [3.63, 3.8) is 0 Å². The number of fused-ring (bicyclic) bond motifs is 4. The highest BCUT2D eigenvalue weighted by Gasteiger charge is 2.68. The minimum atomic E-state index is -1.11. The summed E-state index contributed by atoms with van der Waals surface area (Å²) in [6.45, 7) is 13.2. The molecule has 0 bridgehead atoms. The molecule has 3 N–H and O–H groups in total. The molecule has 1 fully saturated rings. The van der Waals surface area contributed by atoms with Gasteiger partial charge in [0.2, 0.25) is 0 Å². The zero-order valence-electron chi connectivity index (χ0n) is 23.2. The van der Waals surface area contributed by atoms with Gasteiger partial charge in [-0.25, -0.2) is 0 Å². The van der Waals surface area contributed by atoms with Crippen molar-refractivity contribution in [2.45, 2.75) is 99.2 Å². The Hall–Kier alpha value is -2.12. The molecule has 0 aromatic carbocycles. The number of carboxylic acid groups (broad SMARTS) is 1. The zero-order valence-corrected chi connectivity index (χ0v) is 23.2. The van der Waals surface area contributed by atoms with Crippen molar-refractivity contribution >= 4 is 23.3 Å². The Morgan fingerprint density at radius 3 is 2.27 bits per heavy atom. The molecule has 8 atom stereocenters. The van der Waals surface area contributed by atoms with Gasteiger partial charge < -0.3 is 15.3 Å². The third-order valence-corrected chi connectivity index (χ3v) is 11.0. The molecule has 0 aliphatic heterocycles. The lowest BCUT2D eigenvalue weighted by atomic mass is 9.42. The Kier molecular flexibility index (Phi) is 6.56. The number of Topliss-reactive ketones (excluding diaryl/α,β-unsaturated/α-hetero) is 2. The predicted molar refractivity (Wildman–Crippen MR) is 137 cm³/mol. The molecule has 1 saturated carbocycles. The van der Waals surface area contributed by atoms with Gasteiger partial charge in [0.1, 0.15) is 5.78 Å². The van der Waals surface area contributed by atoms with Crippen LogP contribution < -0.4 is 0 Å². The average molecular weight is 515 g/mol. The van der Waals surface area contributed by atoms with Crippen molar-refractivity contribution in [1.29, 1.82) is 0 Å². The summed E-state index contributed by atoms with van der Waals surface area (Å²) in [4.78, 5) is 51.7. The maximum atomic E-state index is 14.0. The lowest BCUT2D eigenvalue weighted by Crippen LogP contribution is -2.60. The van der Waals surface area contributed by atoms with Crippen LogP contribution >= 0.6 is 0 Å². The van der Waals surface area contributed by atoms with E-state index < -0.39 is 45.8 Å². The Balaban J connectivity index is 1.75. The summed E-state index contributed by atoms with van der Waals surface area (Å²) in [6.07, 6.45) is 1.76. The van der Waals surface area contributed by atoms with E-state index in [0.29, 0.717) is 30.4 Å². The minimum absolute atomic E-state index is 0.0629. The second-order valence-electron chi connectivity index (χ2n) is 13.5. The summed E-state index contributed by atoms with van der Waals surface area (Å²) < 4.78 is 0. The molecule has 4 aliphatic carbocycles. The van der Waals surface area contributed by atoms with Gasteiger partial charge in [0.25, 0.3) is 0 Å². The van der Waals surface area contributed by atoms with Crippen LogP contribution in [0.3, 0.4) is 0 Å². The van der Waals surface area contributed by atoms with E-state index in [4.69, 9.17) is 5.11 Å². The van der Waals surface area contributed by atoms with Crippen LogP contribution in [0.4, 0.5) is 0 Å². The van der Waals surface area contributed by atoms with Crippen molar-refractivity contribution in [2.24, 2.45) is 39.4 Å². The molecule has 0 aromatic heterocycles. The fourth-order valence-corrected chi connectivity index (χ4v) is 8.54. The van der Waals surface area contributed by atoms with Crippen LogP contribution in [0, 0.1) is 39.4 Å². The minimum Gasteiger partial charge on any atom is -0.481 e. The van der Waals surface area contributed by atoms with Gasteiger partial charge in [0, 0.05) is 30.3 Å². The highest BCUT2D eigenvalue weighted by atomic mass is 16.4. The van der Waals surface area contributed by atoms with Crippen LogP contribution in [-0.2, 0) is 19.2 Å².